The van der Waals surface area contributed by atoms with Gasteiger partial charge in [-0.2, -0.15) is 0 Å². The number of carboxylic acids is 3. The van der Waals surface area contributed by atoms with E-state index in [1.807, 2.05) is 0 Å². The fraction of sp³-hybridized carbons (Fsp3) is 0.872. The van der Waals surface area contributed by atoms with Crippen molar-refractivity contribution in [3.05, 3.63) is 12.2 Å². The third-order valence-electron chi connectivity index (χ3n) is 9.46. The van der Waals surface area contributed by atoms with E-state index in [1.54, 1.807) is 0 Å². The molecule has 7 heteroatoms. The van der Waals surface area contributed by atoms with Crippen molar-refractivity contribution >= 4 is 17.9 Å². The van der Waals surface area contributed by atoms with Crippen LogP contribution in [0.2, 0.25) is 0 Å². The number of aliphatic carboxylic acids is 3. The molecule has 46 heavy (non-hydrogen) atoms. The van der Waals surface area contributed by atoms with Crippen molar-refractivity contribution in [3.63, 3.8) is 0 Å². The quantitative estimate of drug-likeness (QED) is 0.0350. The highest BCUT2D eigenvalue weighted by atomic mass is 16.4. The number of rotatable bonds is 37. The van der Waals surface area contributed by atoms with Crippen molar-refractivity contribution < 1.29 is 34.2 Å². The molecule has 0 bridgehead atoms. The zero-order valence-electron chi connectivity index (χ0n) is 30.0. The first kappa shape index (κ1) is 44.1. The molecule has 7 nitrogen and oxygen atoms in total. The van der Waals surface area contributed by atoms with Crippen molar-refractivity contribution in [2.24, 2.45) is 0 Å². The molecule has 0 aromatic rings. The van der Waals surface area contributed by atoms with Gasteiger partial charge in [-0.1, -0.05) is 109 Å². The summed E-state index contributed by atoms with van der Waals surface area (Å²) < 4.78 is 0.868. The second kappa shape index (κ2) is 33.0. The van der Waals surface area contributed by atoms with E-state index in [9.17, 15) is 14.4 Å². The number of quaternary nitrogens is 1. The summed E-state index contributed by atoms with van der Waals surface area (Å²) in [5.41, 5.74) is 0. The van der Waals surface area contributed by atoms with Gasteiger partial charge in [0.1, 0.15) is 0 Å². The summed E-state index contributed by atoms with van der Waals surface area (Å²) in [6.45, 7) is 5.96. The number of allylic oxidation sites excluding steroid dienone is 2. The van der Waals surface area contributed by atoms with Crippen LogP contribution < -0.4 is 0 Å². The van der Waals surface area contributed by atoms with E-state index in [0.29, 0.717) is 19.3 Å². The Labute approximate surface area is 283 Å². The van der Waals surface area contributed by atoms with Gasteiger partial charge in [0.25, 0.3) is 0 Å². The fourth-order valence-corrected chi connectivity index (χ4v) is 6.60. The lowest BCUT2D eigenvalue weighted by Gasteiger charge is -2.39. The molecule has 3 N–H and O–H groups in total. The van der Waals surface area contributed by atoms with Crippen molar-refractivity contribution in [2.45, 2.75) is 193 Å². The Kier molecular flexibility index (Phi) is 31.7. The Morgan fingerprint density at radius 2 is 0.652 bits per heavy atom. The van der Waals surface area contributed by atoms with Crippen LogP contribution >= 0.6 is 0 Å². The maximum atomic E-state index is 11.0. The minimum atomic E-state index is -0.766. The van der Waals surface area contributed by atoms with Gasteiger partial charge in [0, 0.05) is 19.3 Å². The van der Waals surface area contributed by atoms with E-state index < -0.39 is 17.9 Å². The summed E-state index contributed by atoms with van der Waals surface area (Å²) in [5.74, 6) is -2.30. The normalized spacial score (nSPS) is 11.8. The minimum Gasteiger partial charge on any atom is -0.481 e. The lowest BCUT2D eigenvalue weighted by Crippen LogP contribution is -2.51. The van der Waals surface area contributed by atoms with Crippen LogP contribution in [0.15, 0.2) is 12.2 Å². The molecule has 0 heterocycles. The Bertz CT molecular complexity index is 698. The van der Waals surface area contributed by atoms with Gasteiger partial charge in [0.2, 0.25) is 0 Å². The van der Waals surface area contributed by atoms with Crippen molar-refractivity contribution in [1.82, 2.24) is 0 Å². The highest BCUT2D eigenvalue weighted by Gasteiger charge is 2.26. The molecule has 0 amide bonds. The average Bonchev–Trinajstić information content (AvgIpc) is 3.02. The highest BCUT2D eigenvalue weighted by Crippen LogP contribution is 2.20. The van der Waals surface area contributed by atoms with Gasteiger partial charge in [-0.15, -0.1) is 0 Å². The summed E-state index contributed by atoms with van der Waals surface area (Å²) in [6, 6.07) is 0. The van der Waals surface area contributed by atoms with Gasteiger partial charge in [-0.05, 0) is 77.0 Å². The van der Waals surface area contributed by atoms with E-state index in [2.05, 4.69) is 19.1 Å². The van der Waals surface area contributed by atoms with Crippen LogP contribution in [0.1, 0.15) is 193 Å². The van der Waals surface area contributed by atoms with Crippen LogP contribution in [0.25, 0.3) is 0 Å². The largest absolute Gasteiger partial charge is 0.481 e. The van der Waals surface area contributed by atoms with Crippen LogP contribution in [0, 0.1) is 0 Å². The predicted molar refractivity (Wildman–Crippen MR) is 191 cm³/mol. The number of carboxylic acid groups (broad SMARTS) is 3. The van der Waals surface area contributed by atoms with Gasteiger partial charge in [-0.25, -0.2) is 0 Å². The molecule has 0 aliphatic rings. The smallest absolute Gasteiger partial charge is 0.303 e. The van der Waals surface area contributed by atoms with Crippen molar-refractivity contribution in [2.75, 3.05) is 26.2 Å². The second-order valence-corrected chi connectivity index (χ2v) is 13.8. The van der Waals surface area contributed by atoms with Crippen molar-refractivity contribution in [1.29, 1.82) is 0 Å². The minimum absolute atomic E-state index is 0.175. The molecule has 0 spiro atoms. The molecule has 0 unspecified atom stereocenters. The molecule has 0 saturated heterocycles. The Hall–Kier alpha value is -1.89. The number of hydrogen-bond acceptors (Lipinski definition) is 3. The molecule has 270 valence electrons. The first-order valence-electron chi connectivity index (χ1n) is 19.5. The standard InChI is InChI=1S/C39H73NO6/c1-2-3-4-5-6-7-8-9-10-11-12-13-14-15-16-17-18-19-20-21-22-26-33-40(34-27-23-30-37(41)42,35-28-24-31-38(43)44)36-29-25-32-39(45)46/h11-12H,2-10,13-36H2,1H3,(H2-,41,42,43,44,45,46)/p+1/b12-11+. The molecule has 0 rings (SSSR count). The van der Waals surface area contributed by atoms with Crippen LogP contribution in [0.5, 0.6) is 0 Å². The molecule has 0 saturated carbocycles. The second-order valence-electron chi connectivity index (χ2n) is 13.8. The number of nitrogens with zero attached hydrogens (tertiary/aromatic N) is 1. The molecule has 0 atom stereocenters. The summed E-state index contributed by atoms with van der Waals surface area (Å²) in [7, 11) is 0. The number of unbranched alkanes of at least 4 members (excludes halogenated alkanes) is 21. The highest BCUT2D eigenvalue weighted by molar-refractivity contribution is 5.67. The molecule has 0 aromatic carbocycles. The molecular formula is C39H74NO6+. The number of hydrogen-bond donors (Lipinski definition) is 3. The third kappa shape index (κ3) is 32.1. The molecule has 0 fully saturated rings. The summed E-state index contributed by atoms with van der Waals surface area (Å²) in [4.78, 5) is 33.1. The molecular weight excluding hydrogens is 578 g/mol. The first-order chi connectivity index (χ1) is 22.3. The summed E-state index contributed by atoms with van der Waals surface area (Å²) >= 11 is 0. The lowest BCUT2D eigenvalue weighted by atomic mass is 10.0. The van der Waals surface area contributed by atoms with E-state index in [0.717, 1.165) is 56.3 Å². The predicted octanol–water partition coefficient (Wildman–Crippen LogP) is 10.9. The van der Waals surface area contributed by atoms with E-state index in [1.165, 1.54) is 122 Å². The SMILES string of the molecule is CCCCCCCCCC/C=C/CCCCCCCCCCCC[N+](CCCCC(=O)O)(CCCCC(=O)O)CCCCC(=O)O. The lowest BCUT2D eigenvalue weighted by molar-refractivity contribution is -0.929. The van der Waals surface area contributed by atoms with Gasteiger partial charge in [-0.3, -0.25) is 14.4 Å². The maximum absolute atomic E-state index is 11.0. The topological polar surface area (TPSA) is 112 Å². The van der Waals surface area contributed by atoms with E-state index >= 15 is 0 Å². The van der Waals surface area contributed by atoms with Crippen LogP contribution in [0.4, 0.5) is 0 Å². The Morgan fingerprint density at radius 3 is 0.957 bits per heavy atom. The summed E-state index contributed by atoms with van der Waals surface area (Å²) in [5, 5.41) is 27.2. The zero-order valence-corrected chi connectivity index (χ0v) is 30.0. The first-order valence-corrected chi connectivity index (χ1v) is 19.5. The van der Waals surface area contributed by atoms with Crippen LogP contribution in [-0.2, 0) is 14.4 Å². The third-order valence-corrected chi connectivity index (χ3v) is 9.46. The van der Waals surface area contributed by atoms with E-state index in [4.69, 9.17) is 15.3 Å². The maximum Gasteiger partial charge on any atom is 0.303 e. The Morgan fingerprint density at radius 1 is 0.391 bits per heavy atom. The van der Waals surface area contributed by atoms with E-state index in [-0.39, 0.29) is 19.3 Å². The number of carbonyl (C=O) groups is 3. The average molecular weight is 653 g/mol. The fourth-order valence-electron chi connectivity index (χ4n) is 6.60. The zero-order chi connectivity index (χ0) is 34.0. The van der Waals surface area contributed by atoms with Crippen LogP contribution in [-0.4, -0.2) is 63.9 Å². The Balaban J connectivity index is 4.17. The van der Waals surface area contributed by atoms with Crippen LogP contribution in [0.3, 0.4) is 0 Å². The molecule has 0 radical (unpaired) electrons. The van der Waals surface area contributed by atoms with Crippen molar-refractivity contribution in [3.8, 4) is 0 Å². The molecule has 0 aromatic heterocycles. The van der Waals surface area contributed by atoms with Gasteiger partial charge >= 0.3 is 17.9 Å². The van der Waals surface area contributed by atoms with Gasteiger partial charge < -0.3 is 19.8 Å². The molecule has 0 aliphatic heterocycles. The van der Waals surface area contributed by atoms with Gasteiger partial charge in [0.15, 0.2) is 0 Å². The molecule has 0 aliphatic carbocycles. The summed E-state index contributed by atoms with van der Waals surface area (Å²) in [6.07, 6.45) is 36.2. The van der Waals surface area contributed by atoms with Gasteiger partial charge in [0.05, 0.1) is 26.2 Å². The monoisotopic (exact) mass is 653 g/mol.